The number of hydrazone groups is 2. The molecule has 3 heterocycles. The Hall–Kier alpha value is -1.06. The first-order chi connectivity index (χ1) is 10.5. The molecule has 0 amide bonds. The molecule has 1 fully saturated rings. The highest BCUT2D eigenvalue weighted by Crippen LogP contribution is 2.49. The van der Waals surface area contributed by atoms with E-state index in [1.807, 2.05) is 11.6 Å². The van der Waals surface area contributed by atoms with Gasteiger partial charge in [0.25, 0.3) is 11.4 Å². The van der Waals surface area contributed by atoms with Gasteiger partial charge < -0.3 is 9.64 Å². The fraction of sp³-hybridized carbons (Fsp3) is 0.692. The molecule has 0 bridgehead atoms. The number of hydrazine groups is 1. The summed E-state index contributed by atoms with van der Waals surface area (Å²) in [5, 5.41) is 6.26. The number of hydrogen-bond acceptors (Lipinski definition) is 6. The summed E-state index contributed by atoms with van der Waals surface area (Å²) in [6.07, 6.45) is 0. The smallest absolute Gasteiger partial charge is 0.469 e. The molecule has 0 radical (unpaired) electrons. The van der Waals surface area contributed by atoms with Gasteiger partial charge in [-0.05, 0) is 25.7 Å². The third-order valence-electron chi connectivity index (χ3n) is 3.64. The van der Waals surface area contributed by atoms with Gasteiger partial charge in [0.1, 0.15) is 11.8 Å². The monoisotopic (exact) mass is 342 g/mol. The molecule has 3 aliphatic rings. The lowest BCUT2D eigenvalue weighted by Crippen LogP contribution is -2.39. The van der Waals surface area contributed by atoms with Crippen LogP contribution in [0, 0.1) is 0 Å². The largest absolute Gasteiger partial charge is 0.522 e. The Balaban J connectivity index is 1.84. The maximum atomic E-state index is 5.61. The molecule has 7 nitrogen and oxygen atoms in total. The minimum absolute atomic E-state index is 0.365. The second-order valence-electron chi connectivity index (χ2n) is 5.47. The van der Waals surface area contributed by atoms with E-state index in [-0.39, 0.29) is 4.33 Å². The van der Waals surface area contributed by atoms with Crippen molar-refractivity contribution >= 4 is 45.3 Å². The summed E-state index contributed by atoms with van der Waals surface area (Å²) in [7, 11) is 4.11. The number of thioether (sulfide) groups is 2. The molecule has 0 saturated carbocycles. The van der Waals surface area contributed by atoms with Crippen molar-refractivity contribution in [2.75, 3.05) is 33.8 Å². The highest BCUT2D eigenvalue weighted by atomic mass is 32.2. The zero-order valence-corrected chi connectivity index (χ0v) is 15.2. The number of nitrogens with zero attached hydrogens (tertiary/aromatic N) is 5. The van der Waals surface area contributed by atoms with Gasteiger partial charge in [0.05, 0.1) is 30.0 Å². The van der Waals surface area contributed by atoms with Gasteiger partial charge in [0.15, 0.2) is 0 Å². The van der Waals surface area contributed by atoms with Crippen LogP contribution < -0.4 is 5.43 Å². The molecule has 9 heteroatoms. The highest BCUT2D eigenvalue weighted by Gasteiger charge is 2.74. The molecule has 0 aromatic carbocycles. The van der Waals surface area contributed by atoms with Gasteiger partial charge in [-0.15, -0.1) is 5.43 Å². The van der Waals surface area contributed by atoms with Crippen LogP contribution in [-0.4, -0.2) is 74.2 Å². The average Bonchev–Trinajstić information content (AvgIpc) is 3.03. The Morgan fingerprint density at radius 3 is 2.77 bits per heavy atom. The van der Waals surface area contributed by atoms with Crippen molar-refractivity contribution in [3.63, 3.8) is 0 Å². The number of ether oxygens (including phenoxy) is 1. The van der Waals surface area contributed by atoms with E-state index in [1.165, 1.54) is 0 Å². The van der Waals surface area contributed by atoms with Crippen molar-refractivity contribution in [2.24, 2.45) is 10.1 Å². The minimum atomic E-state index is -0.365. The SMILES string of the molecule is CCOC1=N[N+]2=C(C)C(C)=[N+]3NC(=NCCN(C)C)SC23S1. The van der Waals surface area contributed by atoms with Crippen LogP contribution in [0.5, 0.6) is 0 Å². The fourth-order valence-corrected chi connectivity index (χ4v) is 5.15. The number of hydrogen-bond donors (Lipinski definition) is 1. The van der Waals surface area contributed by atoms with E-state index in [1.54, 1.807) is 23.5 Å². The first kappa shape index (κ1) is 15.8. The van der Waals surface area contributed by atoms with E-state index in [2.05, 4.69) is 53.0 Å². The van der Waals surface area contributed by atoms with Crippen molar-refractivity contribution in [3.05, 3.63) is 0 Å². The lowest BCUT2D eigenvalue weighted by Gasteiger charge is -2.05. The lowest BCUT2D eigenvalue weighted by molar-refractivity contribution is -0.766. The van der Waals surface area contributed by atoms with Gasteiger partial charge >= 0.3 is 9.56 Å². The summed E-state index contributed by atoms with van der Waals surface area (Å²) >= 11 is 3.31. The van der Waals surface area contributed by atoms with E-state index in [9.17, 15) is 0 Å². The predicted molar refractivity (Wildman–Crippen MR) is 92.8 cm³/mol. The van der Waals surface area contributed by atoms with Crippen LogP contribution in [0.15, 0.2) is 10.1 Å². The normalized spacial score (nSPS) is 28.5. The molecule has 3 rings (SSSR count). The Kier molecular flexibility index (Phi) is 4.21. The van der Waals surface area contributed by atoms with Crippen molar-refractivity contribution in [1.82, 2.24) is 10.3 Å². The molecule has 22 heavy (non-hydrogen) atoms. The number of rotatable bonds is 4. The molecular weight excluding hydrogens is 320 g/mol. The van der Waals surface area contributed by atoms with Crippen molar-refractivity contribution in [1.29, 1.82) is 0 Å². The Labute approximate surface area is 139 Å². The number of likely N-dealkylation sites (N-methyl/N-ethyl adjacent to an activating group) is 1. The molecule has 1 spiro atoms. The summed E-state index contributed by atoms with van der Waals surface area (Å²) in [6.45, 7) is 8.49. The minimum Gasteiger partial charge on any atom is -0.469 e. The van der Waals surface area contributed by atoms with Gasteiger partial charge in [0, 0.05) is 25.1 Å². The standard InChI is InChI=1S/C13H21N6OS2/c1-6-20-12-16-19-10(3)9(2)18-13(19,22-12)21-11(15-18)14-7-8-17(4)5/h6-8H2,1-5H3/q+1/p+1. The Morgan fingerprint density at radius 1 is 1.32 bits per heavy atom. The van der Waals surface area contributed by atoms with Crippen LogP contribution in [0.2, 0.25) is 0 Å². The molecule has 1 N–H and O–H groups in total. The second-order valence-corrected chi connectivity index (χ2v) is 8.01. The highest BCUT2D eigenvalue weighted by molar-refractivity contribution is 8.30. The summed E-state index contributed by atoms with van der Waals surface area (Å²) in [5.74, 6) is 0. The molecule has 120 valence electrons. The Morgan fingerprint density at radius 2 is 2.09 bits per heavy atom. The summed E-state index contributed by atoms with van der Waals surface area (Å²) < 4.78 is 9.41. The number of nitrogens with one attached hydrogen (secondary N) is 1. The maximum Gasteiger partial charge on any atom is 0.522 e. The lowest BCUT2D eigenvalue weighted by atomic mass is 10.3. The fourth-order valence-electron chi connectivity index (χ4n) is 2.39. The molecule has 1 saturated heterocycles. The molecule has 1 unspecified atom stereocenters. The average molecular weight is 342 g/mol. The van der Waals surface area contributed by atoms with Crippen LogP contribution in [0.1, 0.15) is 20.8 Å². The quantitative estimate of drug-likeness (QED) is 0.765. The molecule has 0 aromatic heterocycles. The summed E-state index contributed by atoms with van der Waals surface area (Å²) in [5.41, 5.74) is 5.71. The maximum absolute atomic E-state index is 5.61. The van der Waals surface area contributed by atoms with E-state index in [0.717, 1.165) is 29.7 Å². The molecule has 0 aliphatic carbocycles. The van der Waals surface area contributed by atoms with E-state index in [0.29, 0.717) is 11.8 Å². The van der Waals surface area contributed by atoms with Crippen LogP contribution >= 0.6 is 23.5 Å². The Bertz CT molecular complexity index is 624. The first-order valence-electron chi connectivity index (χ1n) is 7.31. The van der Waals surface area contributed by atoms with Crippen molar-refractivity contribution in [2.45, 2.75) is 25.1 Å². The number of amidine groups is 1. The van der Waals surface area contributed by atoms with Crippen LogP contribution in [0.4, 0.5) is 0 Å². The van der Waals surface area contributed by atoms with Crippen LogP contribution in [-0.2, 0) is 4.74 Å². The third kappa shape index (κ3) is 2.44. The first-order valence-corrected chi connectivity index (χ1v) is 8.94. The molecule has 0 aromatic rings. The van der Waals surface area contributed by atoms with Gasteiger partial charge in [-0.3, -0.25) is 4.99 Å². The van der Waals surface area contributed by atoms with E-state index >= 15 is 0 Å². The zero-order valence-electron chi connectivity index (χ0n) is 13.6. The van der Waals surface area contributed by atoms with Crippen LogP contribution in [0.25, 0.3) is 0 Å². The van der Waals surface area contributed by atoms with Crippen molar-refractivity contribution in [3.8, 4) is 0 Å². The third-order valence-corrected chi connectivity index (χ3v) is 6.17. The van der Waals surface area contributed by atoms with Gasteiger partial charge in [-0.25, -0.2) is 0 Å². The van der Waals surface area contributed by atoms with E-state index < -0.39 is 0 Å². The van der Waals surface area contributed by atoms with Crippen molar-refractivity contribution < 1.29 is 14.1 Å². The summed E-state index contributed by atoms with van der Waals surface area (Å²) in [4.78, 5) is 6.79. The topological polar surface area (TPSA) is 55.2 Å². The zero-order chi connectivity index (χ0) is 15.9. The molecule has 3 aliphatic heterocycles. The molecular formula is C13H22N6OS2+2. The predicted octanol–water partition coefficient (Wildman–Crippen LogP) is 0.781. The van der Waals surface area contributed by atoms with Gasteiger partial charge in [0.2, 0.25) is 5.17 Å². The number of aliphatic imine (C=N–C) groups is 1. The van der Waals surface area contributed by atoms with Crippen LogP contribution in [0.3, 0.4) is 0 Å². The van der Waals surface area contributed by atoms with Gasteiger partial charge in [-0.1, -0.05) is 0 Å². The summed E-state index contributed by atoms with van der Waals surface area (Å²) in [6, 6.07) is 0. The van der Waals surface area contributed by atoms with E-state index in [4.69, 9.17) is 4.74 Å². The second kappa shape index (κ2) is 5.86. The van der Waals surface area contributed by atoms with Gasteiger partial charge in [-0.2, -0.15) is 0 Å². The molecule has 1 atom stereocenters.